The van der Waals surface area contributed by atoms with Crippen molar-refractivity contribution in [1.82, 2.24) is 4.90 Å². The zero-order valence-corrected chi connectivity index (χ0v) is 14.2. The molecule has 0 aliphatic heterocycles. The van der Waals surface area contributed by atoms with Crippen LogP contribution in [0.4, 0.5) is 5.69 Å². The molecule has 2 aromatic carbocycles. The molecule has 0 heterocycles. The Morgan fingerprint density at radius 2 is 1.70 bits per heavy atom. The highest BCUT2D eigenvalue weighted by Gasteiger charge is 2.08. The smallest absolute Gasteiger partial charge is 0.168 e. The number of hydrogen-bond donors (Lipinski definition) is 0. The highest BCUT2D eigenvalue weighted by Crippen LogP contribution is 2.30. The molecule has 0 aliphatic carbocycles. The van der Waals surface area contributed by atoms with Crippen LogP contribution < -0.4 is 0 Å². The van der Waals surface area contributed by atoms with Gasteiger partial charge >= 0.3 is 0 Å². The molecular weight excluding hydrogens is 332 g/mol. The second-order valence-electron chi connectivity index (χ2n) is 4.66. The summed E-state index contributed by atoms with van der Waals surface area (Å²) in [7, 11) is 4.02. The first-order valence-electron chi connectivity index (χ1n) is 6.31. The van der Waals surface area contributed by atoms with Gasteiger partial charge in [0.25, 0.3) is 0 Å². The molecule has 0 bridgehead atoms. The van der Waals surface area contributed by atoms with Crippen LogP contribution in [0.1, 0.15) is 5.56 Å². The fourth-order valence-electron chi connectivity index (χ4n) is 1.57. The Hall–Kier alpha value is -1.26. The van der Waals surface area contributed by atoms with Crippen LogP contribution in [-0.4, -0.2) is 24.2 Å². The van der Waals surface area contributed by atoms with Gasteiger partial charge in [-0.25, -0.2) is 4.99 Å². The number of halogens is 1. The number of aryl methyl sites for hydroxylation is 1. The Kier molecular flexibility index (Phi) is 5.26. The number of nitrogens with zero attached hydrogens (tertiary/aromatic N) is 2. The molecule has 0 atom stereocenters. The third kappa shape index (κ3) is 4.12. The lowest BCUT2D eigenvalue weighted by molar-refractivity contribution is 0.636. The highest BCUT2D eigenvalue weighted by atomic mass is 79.9. The summed E-state index contributed by atoms with van der Waals surface area (Å²) in [6.07, 6.45) is 0. The van der Waals surface area contributed by atoms with Gasteiger partial charge in [-0.05, 0) is 47.1 Å². The van der Waals surface area contributed by atoms with E-state index >= 15 is 0 Å². The Bertz CT molecular complexity index is 606. The summed E-state index contributed by atoms with van der Waals surface area (Å²) in [6, 6.07) is 16.4. The Labute approximate surface area is 133 Å². The summed E-state index contributed by atoms with van der Waals surface area (Å²) in [6.45, 7) is 2.08. The minimum Gasteiger partial charge on any atom is -0.357 e. The van der Waals surface area contributed by atoms with E-state index in [-0.39, 0.29) is 0 Å². The van der Waals surface area contributed by atoms with Gasteiger partial charge in [0, 0.05) is 23.5 Å². The molecule has 2 aromatic rings. The molecule has 2 rings (SSSR count). The van der Waals surface area contributed by atoms with Gasteiger partial charge in [0.1, 0.15) is 0 Å². The van der Waals surface area contributed by atoms with Crippen LogP contribution in [0.2, 0.25) is 0 Å². The normalized spacial score (nSPS) is 11.5. The Morgan fingerprint density at radius 1 is 1.05 bits per heavy atom. The van der Waals surface area contributed by atoms with Crippen LogP contribution in [0.3, 0.4) is 0 Å². The predicted octanol–water partition coefficient (Wildman–Crippen LogP) is 5.10. The minimum absolute atomic E-state index is 0.959. The maximum absolute atomic E-state index is 4.72. The van der Waals surface area contributed by atoms with E-state index in [1.807, 2.05) is 49.3 Å². The zero-order chi connectivity index (χ0) is 14.5. The fourth-order valence-corrected chi connectivity index (χ4v) is 2.94. The number of rotatable bonds is 2. The standard InChI is InChI=1S/C16H17BrN2S/c1-12-8-10-13(11-9-12)18-16(19(2)3)20-15-7-5-4-6-14(15)17/h4-11H,1-3H3. The predicted molar refractivity (Wildman–Crippen MR) is 92.0 cm³/mol. The van der Waals surface area contributed by atoms with Crippen molar-refractivity contribution >= 4 is 38.5 Å². The highest BCUT2D eigenvalue weighted by molar-refractivity contribution is 9.10. The lowest BCUT2D eigenvalue weighted by atomic mass is 10.2. The van der Waals surface area contributed by atoms with Crippen molar-refractivity contribution in [2.75, 3.05) is 14.1 Å². The molecule has 20 heavy (non-hydrogen) atoms. The molecule has 0 aliphatic rings. The molecule has 0 fully saturated rings. The quantitative estimate of drug-likeness (QED) is 0.426. The fraction of sp³-hybridized carbons (Fsp3) is 0.188. The lowest BCUT2D eigenvalue weighted by Gasteiger charge is -2.15. The SMILES string of the molecule is Cc1ccc(N=C(Sc2ccccc2Br)N(C)C)cc1. The summed E-state index contributed by atoms with van der Waals surface area (Å²) in [5.41, 5.74) is 2.22. The van der Waals surface area contributed by atoms with Crippen LogP contribution in [0.25, 0.3) is 0 Å². The number of thioether (sulfide) groups is 1. The van der Waals surface area contributed by atoms with E-state index in [0.717, 1.165) is 20.2 Å². The van der Waals surface area contributed by atoms with E-state index < -0.39 is 0 Å². The maximum Gasteiger partial charge on any atom is 0.168 e. The van der Waals surface area contributed by atoms with Crippen molar-refractivity contribution in [3.8, 4) is 0 Å². The van der Waals surface area contributed by atoms with E-state index in [0.29, 0.717) is 0 Å². The van der Waals surface area contributed by atoms with Gasteiger partial charge in [0.2, 0.25) is 0 Å². The first-order valence-corrected chi connectivity index (χ1v) is 7.92. The molecule has 0 saturated heterocycles. The average Bonchev–Trinajstić information content (AvgIpc) is 2.42. The Morgan fingerprint density at radius 3 is 2.30 bits per heavy atom. The lowest BCUT2D eigenvalue weighted by Crippen LogP contribution is -2.18. The molecule has 0 unspecified atom stereocenters. The molecule has 0 aromatic heterocycles. The maximum atomic E-state index is 4.72. The summed E-state index contributed by atoms with van der Waals surface area (Å²) < 4.78 is 1.09. The molecule has 0 radical (unpaired) electrons. The Balaban J connectivity index is 2.28. The number of hydrogen-bond acceptors (Lipinski definition) is 2. The van der Waals surface area contributed by atoms with Crippen LogP contribution in [0, 0.1) is 6.92 Å². The average molecular weight is 349 g/mol. The molecule has 0 spiro atoms. The second kappa shape index (κ2) is 6.95. The van der Waals surface area contributed by atoms with Crippen molar-refractivity contribution < 1.29 is 0 Å². The van der Waals surface area contributed by atoms with Gasteiger partial charge in [0.15, 0.2) is 5.17 Å². The molecule has 2 nitrogen and oxygen atoms in total. The van der Waals surface area contributed by atoms with Gasteiger partial charge in [0.05, 0.1) is 5.69 Å². The van der Waals surface area contributed by atoms with Crippen LogP contribution >= 0.6 is 27.7 Å². The van der Waals surface area contributed by atoms with Crippen molar-refractivity contribution in [1.29, 1.82) is 0 Å². The molecule has 4 heteroatoms. The first-order chi connectivity index (χ1) is 9.56. The minimum atomic E-state index is 0.959. The van der Waals surface area contributed by atoms with Crippen molar-refractivity contribution in [2.45, 2.75) is 11.8 Å². The summed E-state index contributed by atoms with van der Waals surface area (Å²) in [5, 5.41) is 0.959. The molecule has 0 saturated carbocycles. The van der Waals surface area contributed by atoms with Gasteiger partial charge in [-0.15, -0.1) is 0 Å². The number of amidine groups is 1. The van der Waals surface area contributed by atoms with E-state index in [1.165, 1.54) is 5.56 Å². The van der Waals surface area contributed by atoms with E-state index in [1.54, 1.807) is 11.8 Å². The summed E-state index contributed by atoms with van der Waals surface area (Å²) in [5.74, 6) is 0. The van der Waals surface area contributed by atoms with Crippen molar-refractivity contribution in [3.63, 3.8) is 0 Å². The van der Waals surface area contributed by atoms with E-state index in [9.17, 15) is 0 Å². The van der Waals surface area contributed by atoms with Gasteiger partial charge in [-0.2, -0.15) is 0 Å². The van der Waals surface area contributed by atoms with Crippen LogP contribution in [-0.2, 0) is 0 Å². The number of aliphatic imine (C=N–C) groups is 1. The van der Waals surface area contributed by atoms with Crippen molar-refractivity contribution in [2.24, 2.45) is 4.99 Å². The number of benzene rings is 2. The molecule has 0 N–H and O–H groups in total. The second-order valence-corrected chi connectivity index (χ2v) is 6.52. The van der Waals surface area contributed by atoms with E-state index in [4.69, 9.17) is 4.99 Å². The third-order valence-electron chi connectivity index (χ3n) is 2.68. The van der Waals surface area contributed by atoms with Gasteiger partial charge < -0.3 is 4.90 Å². The third-order valence-corrected chi connectivity index (χ3v) is 4.85. The van der Waals surface area contributed by atoms with Crippen molar-refractivity contribution in [3.05, 3.63) is 58.6 Å². The zero-order valence-electron chi connectivity index (χ0n) is 11.8. The van der Waals surface area contributed by atoms with Crippen LogP contribution in [0.5, 0.6) is 0 Å². The first kappa shape index (κ1) is 15.1. The molecule has 104 valence electrons. The van der Waals surface area contributed by atoms with Crippen LogP contribution in [0.15, 0.2) is 62.9 Å². The molecule has 0 amide bonds. The topological polar surface area (TPSA) is 15.6 Å². The van der Waals surface area contributed by atoms with Gasteiger partial charge in [-0.1, -0.05) is 41.6 Å². The summed E-state index contributed by atoms with van der Waals surface area (Å²) in [4.78, 5) is 7.91. The largest absolute Gasteiger partial charge is 0.357 e. The molecular formula is C16H17BrN2S. The van der Waals surface area contributed by atoms with E-state index in [2.05, 4.69) is 41.1 Å². The monoisotopic (exact) mass is 348 g/mol. The van der Waals surface area contributed by atoms with Gasteiger partial charge in [-0.3, -0.25) is 0 Å². The summed E-state index contributed by atoms with van der Waals surface area (Å²) >= 11 is 5.23.